The van der Waals surface area contributed by atoms with Crippen molar-refractivity contribution in [1.29, 1.82) is 0 Å². The van der Waals surface area contributed by atoms with Crippen LogP contribution in [-0.4, -0.2) is 89.0 Å². The molecule has 1 amide bonds. The molecule has 6 N–H and O–H groups in total. The van der Waals surface area contributed by atoms with Gasteiger partial charge in [0.2, 0.25) is 0 Å². The lowest BCUT2D eigenvalue weighted by Gasteiger charge is -2.17. The van der Waals surface area contributed by atoms with Crippen LogP contribution >= 0.6 is 0 Å². The summed E-state index contributed by atoms with van der Waals surface area (Å²) in [6.07, 6.45) is -1.18. The molecule has 0 saturated carbocycles. The number of amides is 1. The normalized spacial score (nSPS) is 25.8. The molecule has 1 unspecified atom stereocenters. The van der Waals surface area contributed by atoms with Gasteiger partial charge in [-0.1, -0.05) is 0 Å². The Kier molecular flexibility index (Phi) is 6.60. The molecule has 0 radical (unpaired) electrons. The number of nitrogens with one attached hydrogen (secondary N) is 1. The molecule has 0 aromatic carbocycles. The van der Waals surface area contributed by atoms with Gasteiger partial charge in [0.25, 0.3) is 0 Å². The molecule has 30 heavy (non-hydrogen) atoms. The van der Waals surface area contributed by atoms with Gasteiger partial charge in [-0.2, -0.15) is 0 Å². The van der Waals surface area contributed by atoms with Crippen LogP contribution in [0, 0.1) is 0 Å². The van der Waals surface area contributed by atoms with Gasteiger partial charge in [0.1, 0.15) is 53.8 Å². The fourth-order valence-corrected chi connectivity index (χ4v) is 4.88. The number of carbonyl (C=O) groups is 2. The number of carbonyl (C=O) groups excluding carboxylic acids is 1. The Hall–Kier alpha value is -2.68. The number of nitrogens with zero attached hydrogens (tertiary/aromatic N) is 4. The van der Waals surface area contributed by atoms with Gasteiger partial charge < -0.3 is 41.0 Å². The minimum Gasteiger partial charge on any atom is -0.530 e. The molecular weight excluding hydrogens is 420 g/mol. The van der Waals surface area contributed by atoms with Crippen LogP contribution in [0.4, 0.5) is 10.6 Å². The van der Waals surface area contributed by atoms with Crippen molar-refractivity contribution in [3.8, 4) is 0 Å². The molecule has 1 aliphatic heterocycles. The molecule has 3 rings (SSSR count). The molecule has 6 atom stereocenters. The number of aliphatic hydroxyl groups is 2. The van der Waals surface area contributed by atoms with Gasteiger partial charge in [0.15, 0.2) is 17.7 Å². The number of nitrogens with two attached hydrogens (primary N) is 1. The zero-order chi connectivity index (χ0) is 22.0. The highest BCUT2D eigenvalue weighted by Crippen LogP contribution is 2.32. The summed E-state index contributed by atoms with van der Waals surface area (Å²) in [5, 5.41) is 42.4. The first-order chi connectivity index (χ1) is 14.2. The highest BCUT2D eigenvalue weighted by atomic mass is 32.2. The minimum absolute atomic E-state index is 0.0556. The number of ether oxygens (including phenoxy) is 1. The molecule has 0 bridgehead atoms. The Morgan fingerprint density at radius 2 is 2.10 bits per heavy atom. The molecular formula is C16H22N6O7S. The van der Waals surface area contributed by atoms with Crippen LogP contribution in [0.1, 0.15) is 12.6 Å². The summed E-state index contributed by atoms with van der Waals surface area (Å²) in [6.45, 7) is 0. The summed E-state index contributed by atoms with van der Waals surface area (Å²) in [4.78, 5) is 33.8. The van der Waals surface area contributed by atoms with Crippen LogP contribution in [0.2, 0.25) is 0 Å². The maximum atomic E-state index is 11.1. The van der Waals surface area contributed by atoms with Gasteiger partial charge in [-0.15, -0.1) is 0 Å². The lowest BCUT2D eigenvalue weighted by Crippen LogP contribution is -2.48. The lowest BCUT2D eigenvalue weighted by molar-refractivity contribution is -0.251. The van der Waals surface area contributed by atoms with Crippen molar-refractivity contribution in [2.24, 2.45) is 0 Å². The number of rotatable bonds is 8. The number of anilines is 1. The maximum absolute atomic E-state index is 11.1. The Morgan fingerprint density at radius 1 is 1.37 bits per heavy atom. The number of hydrogen-bond acceptors (Lipinski definition) is 10. The third kappa shape index (κ3) is 4.56. The lowest BCUT2D eigenvalue weighted by atomic mass is 10.1. The van der Waals surface area contributed by atoms with Gasteiger partial charge in [-0.05, 0) is 10.9 Å². The number of aliphatic hydroxyl groups excluding tert-OH is 2. The molecule has 164 valence electrons. The number of carboxylic acid groups (broad SMARTS) is 2. The molecule has 1 aliphatic rings. The van der Waals surface area contributed by atoms with Crippen molar-refractivity contribution in [3.05, 3.63) is 12.7 Å². The second-order valence-corrected chi connectivity index (χ2v) is 9.20. The quantitative estimate of drug-likeness (QED) is 0.261. The summed E-state index contributed by atoms with van der Waals surface area (Å²) < 4.78 is 7.33. The number of aromatic nitrogens is 4. The van der Waals surface area contributed by atoms with Crippen molar-refractivity contribution in [2.75, 3.05) is 23.5 Å². The summed E-state index contributed by atoms with van der Waals surface area (Å²) in [7, 11) is -0.423. The molecule has 13 nitrogen and oxygen atoms in total. The molecule has 3 heterocycles. The average molecular weight is 442 g/mol. The van der Waals surface area contributed by atoms with Gasteiger partial charge in [-0.25, -0.2) is 19.7 Å². The highest BCUT2D eigenvalue weighted by Gasteiger charge is 2.46. The van der Waals surface area contributed by atoms with E-state index >= 15 is 0 Å². The fourth-order valence-electron chi connectivity index (χ4n) is 3.24. The van der Waals surface area contributed by atoms with Crippen molar-refractivity contribution < 1.29 is 34.8 Å². The molecule has 0 aliphatic carbocycles. The van der Waals surface area contributed by atoms with E-state index in [1.165, 1.54) is 17.2 Å². The first kappa shape index (κ1) is 22.0. The summed E-state index contributed by atoms with van der Waals surface area (Å²) >= 11 is 0. The maximum Gasteiger partial charge on any atom is 0.326 e. The highest BCUT2D eigenvalue weighted by molar-refractivity contribution is 7.96. The average Bonchev–Trinajstić information content (AvgIpc) is 3.22. The molecule has 1 fully saturated rings. The first-order valence-electron chi connectivity index (χ1n) is 8.93. The number of carboxylic acids is 1. The number of nitrogen functional groups attached to an aromatic ring is 1. The second kappa shape index (κ2) is 8.99. The van der Waals surface area contributed by atoms with Gasteiger partial charge in [0, 0.05) is 6.42 Å². The van der Waals surface area contributed by atoms with Gasteiger partial charge >= 0.3 is 5.97 Å². The molecule has 1 saturated heterocycles. The molecule has 2 aromatic heterocycles. The fraction of sp³-hybridized carbons (Fsp3) is 0.562. The number of hydrogen-bond donors (Lipinski definition) is 5. The van der Waals surface area contributed by atoms with E-state index in [2.05, 4.69) is 15.0 Å². The van der Waals surface area contributed by atoms with E-state index in [0.29, 0.717) is 22.7 Å². The SMILES string of the molecule is C[S+](CC[C@H](NC(=O)[O-])C(=O)O)C[C@H]1O[C@@H](n2cnc3c(N)ncnc32)[C@H](O)[C@@H]1O. The smallest absolute Gasteiger partial charge is 0.326 e. The third-order valence-corrected chi connectivity index (χ3v) is 6.62. The van der Waals surface area contributed by atoms with Crippen LogP contribution in [-0.2, 0) is 20.4 Å². The van der Waals surface area contributed by atoms with E-state index in [0.717, 1.165) is 0 Å². The standard InChI is InChI=1S/C16H22N6O7S/c1-30(3-2-7(15(25)26)21-16(27)28)4-8-10(23)11(24)14(29-8)22-6-20-9-12(17)18-5-19-13(9)22/h5-8,10-11,14,21,23-24H,2-4H2,1H3,(H3-,17,18,19,25,26,27,28)/t7-,8+,10+,11+,14+,30?/m0/s1. The summed E-state index contributed by atoms with van der Waals surface area (Å²) in [5.41, 5.74) is 6.47. The van der Waals surface area contributed by atoms with Crippen LogP contribution in [0.5, 0.6) is 0 Å². The first-order valence-corrected chi connectivity index (χ1v) is 10.9. The van der Waals surface area contributed by atoms with E-state index < -0.39 is 53.5 Å². The van der Waals surface area contributed by atoms with E-state index in [9.17, 15) is 24.9 Å². The van der Waals surface area contributed by atoms with Crippen molar-refractivity contribution in [1.82, 2.24) is 24.8 Å². The zero-order valence-electron chi connectivity index (χ0n) is 15.9. The summed E-state index contributed by atoms with van der Waals surface area (Å²) in [6, 6.07) is -1.28. The predicted molar refractivity (Wildman–Crippen MR) is 103 cm³/mol. The third-order valence-electron chi connectivity index (χ3n) is 4.79. The predicted octanol–water partition coefficient (Wildman–Crippen LogP) is -2.95. The monoisotopic (exact) mass is 442 g/mol. The Balaban J connectivity index is 1.64. The van der Waals surface area contributed by atoms with E-state index in [1.54, 1.807) is 0 Å². The Bertz CT molecular complexity index is 927. The zero-order valence-corrected chi connectivity index (χ0v) is 16.7. The van der Waals surface area contributed by atoms with Gasteiger partial charge in [0.05, 0.1) is 12.6 Å². The summed E-state index contributed by atoms with van der Waals surface area (Å²) in [5.74, 6) is -0.396. The van der Waals surface area contributed by atoms with Crippen molar-refractivity contribution in [3.63, 3.8) is 0 Å². The van der Waals surface area contributed by atoms with E-state index in [4.69, 9.17) is 15.6 Å². The van der Waals surface area contributed by atoms with Crippen LogP contribution < -0.4 is 16.2 Å². The van der Waals surface area contributed by atoms with Crippen LogP contribution in [0.3, 0.4) is 0 Å². The topological polar surface area (TPSA) is 209 Å². The van der Waals surface area contributed by atoms with Crippen molar-refractivity contribution >= 4 is 39.9 Å². The Morgan fingerprint density at radius 3 is 2.77 bits per heavy atom. The largest absolute Gasteiger partial charge is 0.530 e. The number of aliphatic carboxylic acids is 1. The number of imidazole rings is 1. The minimum atomic E-state index is -1.66. The molecule has 0 spiro atoms. The van der Waals surface area contributed by atoms with E-state index in [-0.39, 0.29) is 12.2 Å². The van der Waals surface area contributed by atoms with Gasteiger partial charge in [-0.3, -0.25) is 4.57 Å². The molecule has 14 heteroatoms. The van der Waals surface area contributed by atoms with Crippen molar-refractivity contribution in [2.45, 2.75) is 37.0 Å². The Labute approximate surface area is 173 Å². The van der Waals surface area contributed by atoms with E-state index in [1.807, 2.05) is 11.6 Å². The second-order valence-electron chi connectivity index (χ2n) is 6.89. The molecule has 2 aromatic rings. The van der Waals surface area contributed by atoms with Crippen LogP contribution in [0.15, 0.2) is 12.7 Å². The van der Waals surface area contributed by atoms with Crippen LogP contribution in [0.25, 0.3) is 11.2 Å². The number of fused-ring (bicyclic) bond motifs is 1.